The number of carbonyl (C=O) groups excluding carboxylic acids is 1. The van der Waals surface area contributed by atoms with E-state index in [1.165, 1.54) is 0 Å². The van der Waals surface area contributed by atoms with Gasteiger partial charge in [0.15, 0.2) is 5.78 Å². The van der Waals surface area contributed by atoms with Crippen molar-refractivity contribution >= 4 is 5.78 Å². The Bertz CT molecular complexity index is 868. The summed E-state index contributed by atoms with van der Waals surface area (Å²) < 4.78 is 0. The third-order valence-corrected chi connectivity index (χ3v) is 5.09. The van der Waals surface area contributed by atoms with Gasteiger partial charge < -0.3 is 5.32 Å². The lowest BCUT2D eigenvalue weighted by molar-refractivity contribution is -0.122. The number of hydrogen-bond donors (Lipinski definition) is 1. The highest BCUT2D eigenvalue weighted by atomic mass is 16.1. The number of benzene rings is 2. The number of nitrogens with one attached hydrogen (secondary N) is 1. The third-order valence-electron chi connectivity index (χ3n) is 5.09. The molecule has 1 aliphatic heterocycles. The first kappa shape index (κ1) is 18.8. The normalized spacial score (nSPS) is 17.5. The zero-order valence-corrected chi connectivity index (χ0v) is 15.3. The van der Waals surface area contributed by atoms with Crippen LogP contribution in [0.5, 0.6) is 0 Å². The van der Waals surface area contributed by atoms with Gasteiger partial charge in [0.25, 0.3) is 0 Å². The van der Waals surface area contributed by atoms with Gasteiger partial charge in [-0.15, -0.1) is 0 Å². The maximum atomic E-state index is 12.5. The van der Waals surface area contributed by atoms with Crippen molar-refractivity contribution in [3.63, 3.8) is 0 Å². The van der Waals surface area contributed by atoms with Gasteiger partial charge in [-0.05, 0) is 54.6 Å². The molecule has 1 heterocycles. The summed E-state index contributed by atoms with van der Waals surface area (Å²) in [4.78, 5) is 12.5. The molecule has 2 aromatic rings. The molecule has 0 bridgehead atoms. The SMILES string of the molecule is N#Cc1ccc(-c2cccc(C[C@@H](C#N)CC(=O)[C@@H]3CCCCN3)c2)cc1. The molecule has 4 nitrogen and oxygen atoms in total. The van der Waals surface area contributed by atoms with E-state index in [4.69, 9.17) is 5.26 Å². The van der Waals surface area contributed by atoms with Crippen molar-refractivity contribution in [3.05, 3.63) is 59.7 Å². The standard InChI is InChI=1S/C23H23N3O/c24-15-17-7-9-20(10-8-17)21-5-3-4-18(13-21)12-19(16-25)14-23(27)22-6-1-2-11-26-22/h3-5,7-10,13,19,22,26H,1-2,6,11-12,14H2/t19-,22+/m1/s1. The van der Waals surface area contributed by atoms with Crippen molar-refractivity contribution < 1.29 is 4.79 Å². The molecule has 0 aromatic heterocycles. The number of ketones is 1. The summed E-state index contributed by atoms with van der Waals surface area (Å²) in [6.07, 6.45) is 3.94. The molecule has 3 rings (SSSR count). The summed E-state index contributed by atoms with van der Waals surface area (Å²) in [5, 5.41) is 21.7. The predicted octanol–water partition coefficient (Wildman–Crippen LogP) is 4.01. The number of nitrogens with zero attached hydrogens (tertiary/aromatic N) is 2. The van der Waals surface area contributed by atoms with E-state index in [0.717, 1.165) is 42.5 Å². The van der Waals surface area contributed by atoms with Crippen LogP contribution in [-0.4, -0.2) is 18.4 Å². The Kier molecular flexibility index (Phi) is 6.36. The van der Waals surface area contributed by atoms with E-state index in [-0.39, 0.29) is 17.7 Å². The van der Waals surface area contributed by atoms with Crippen LogP contribution in [-0.2, 0) is 11.2 Å². The zero-order valence-electron chi connectivity index (χ0n) is 15.3. The van der Waals surface area contributed by atoms with Gasteiger partial charge in [-0.25, -0.2) is 0 Å². The number of Topliss-reactive ketones (excluding diaryl/α,β-unsaturated/α-hetero) is 1. The predicted molar refractivity (Wildman–Crippen MR) is 105 cm³/mol. The molecule has 1 fully saturated rings. The first-order valence-corrected chi connectivity index (χ1v) is 9.45. The Morgan fingerprint density at radius 2 is 1.93 bits per heavy atom. The molecule has 136 valence electrons. The Morgan fingerprint density at radius 3 is 2.59 bits per heavy atom. The number of piperidine rings is 1. The molecule has 0 saturated carbocycles. The average molecular weight is 357 g/mol. The first-order valence-electron chi connectivity index (χ1n) is 9.45. The fourth-order valence-electron chi connectivity index (χ4n) is 3.57. The second-order valence-electron chi connectivity index (χ2n) is 7.09. The smallest absolute Gasteiger partial charge is 0.151 e. The van der Waals surface area contributed by atoms with Crippen LogP contribution in [0.4, 0.5) is 0 Å². The summed E-state index contributed by atoms with van der Waals surface area (Å²) in [6.45, 7) is 0.889. The number of carbonyl (C=O) groups is 1. The van der Waals surface area contributed by atoms with Crippen molar-refractivity contribution in [3.8, 4) is 23.3 Å². The fourth-order valence-corrected chi connectivity index (χ4v) is 3.57. The second kappa shape index (κ2) is 9.12. The van der Waals surface area contributed by atoms with Crippen LogP contribution < -0.4 is 5.32 Å². The molecule has 2 atom stereocenters. The molecular formula is C23H23N3O. The van der Waals surface area contributed by atoms with E-state index < -0.39 is 0 Å². The Hall–Kier alpha value is -2.95. The zero-order chi connectivity index (χ0) is 19.1. The number of rotatable bonds is 6. The average Bonchev–Trinajstić information content (AvgIpc) is 2.74. The van der Waals surface area contributed by atoms with Gasteiger partial charge in [0.05, 0.1) is 29.7 Å². The van der Waals surface area contributed by atoms with Gasteiger partial charge in [0, 0.05) is 6.42 Å². The van der Waals surface area contributed by atoms with Crippen LogP contribution in [0, 0.1) is 28.6 Å². The summed E-state index contributed by atoms with van der Waals surface area (Å²) in [5.74, 6) is -0.151. The van der Waals surface area contributed by atoms with E-state index in [1.807, 2.05) is 30.3 Å². The minimum Gasteiger partial charge on any atom is -0.307 e. The van der Waals surface area contributed by atoms with Crippen LogP contribution >= 0.6 is 0 Å². The van der Waals surface area contributed by atoms with Gasteiger partial charge in [-0.1, -0.05) is 42.8 Å². The quantitative estimate of drug-likeness (QED) is 0.847. The van der Waals surface area contributed by atoms with Gasteiger partial charge >= 0.3 is 0 Å². The fraction of sp³-hybridized carbons (Fsp3) is 0.348. The maximum absolute atomic E-state index is 12.5. The van der Waals surface area contributed by atoms with Crippen molar-refractivity contribution in [2.45, 2.75) is 38.1 Å². The highest BCUT2D eigenvalue weighted by Gasteiger charge is 2.23. The molecule has 27 heavy (non-hydrogen) atoms. The van der Waals surface area contributed by atoms with Gasteiger partial charge in [0.1, 0.15) is 0 Å². The van der Waals surface area contributed by atoms with E-state index in [2.05, 4.69) is 23.5 Å². The molecule has 0 radical (unpaired) electrons. The molecule has 0 unspecified atom stereocenters. The van der Waals surface area contributed by atoms with Crippen molar-refractivity contribution in [2.75, 3.05) is 6.54 Å². The van der Waals surface area contributed by atoms with Crippen LogP contribution in [0.2, 0.25) is 0 Å². The van der Waals surface area contributed by atoms with Gasteiger partial charge in [-0.3, -0.25) is 4.79 Å². The molecule has 0 spiro atoms. The van der Waals surface area contributed by atoms with Crippen LogP contribution in [0.15, 0.2) is 48.5 Å². The molecule has 0 amide bonds. The highest BCUT2D eigenvalue weighted by molar-refractivity contribution is 5.84. The molecule has 2 aromatic carbocycles. The monoisotopic (exact) mass is 357 g/mol. The first-order chi connectivity index (χ1) is 13.2. The van der Waals surface area contributed by atoms with Crippen LogP contribution in [0.1, 0.15) is 36.8 Å². The van der Waals surface area contributed by atoms with E-state index in [0.29, 0.717) is 18.4 Å². The lowest BCUT2D eigenvalue weighted by Gasteiger charge is -2.23. The van der Waals surface area contributed by atoms with E-state index in [9.17, 15) is 10.1 Å². The molecule has 1 N–H and O–H groups in total. The second-order valence-corrected chi connectivity index (χ2v) is 7.09. The Balaban J connectivity index is 1.67. The van der Waals surface area contributed by atoms with E-state index in [1.54, 1.807) is 12.1 Å². The molecule has 4 heteroatoms. The molecule has 1 aliphatic rings. The van der Waals surface area contributed by atoms with Crippen LogP contribution in [0.25, 0.3) is 11.1 Å². The lowest BCUT2D eigenvalue weighted by atomic mass is 9.90. The molecule has 0 aliphatic carbocycles. The van der Waals surface area contributed by atoms with Crippen molar-refractivity contribution in [2.24, 2.45) is 5.92 Å². The van der Waals surface area contributed by atoms with Gasteiger partial charge in [0.2, 0.25) is 0 Å². The molecular weight excluding hydrogens is 334 g/mol. The van der Waals surface area contributed by atoms with Crippen molar-refractivity contribution in [1.82, 2.24) is 5.32 Å². The largest absolute Gasteiger partial charge is 0.307 e. The van der Waals surface area contributed by atoms with E-state index >= 15 is 0 Å². The molecule has 1 saturated heterocycles. The van der Waals surface area contributed by atoms with Crippen LogP contribution in [0.3, 0.4) is 0 Å². The lowest BCUT2D eigenvalue weighted by Crippen LogP contribution is -2.41. The Morgan fingerprint density at radius 1 is 1.11 bits per heavy atom. The van der Waals surface area contributed by atoms with Crippen molar-refractivity contribution in [1.29, 1.82) is 10.5 Å². The third kappa shape index (κ3) is 5.03. The highest BCUT2D eigenvalue weighted by Crippen LogP contribution is 2.23. The summed E-state index contributed by atoms with van der Waals surface area (Å²) in [6, 6.07) is 19.9. The van der Waals surface area contributed by atoms with Gasteiger partial charge in [-0.2, -0.15) is 10.5 Å². The summed E-state index contributed by atoms with van der Waals surface area (Å²) >= 11 is 0. The number of nitriles is 2. The Labute approximate surface area is 160 Å². The topological polar surface area (TPSA) is 76.7 Å². The maximum Gasteiger partial charge on any atom is 0.151 e. The summed E-state index contributed by atoms with van der Waals surface area (Å²) in [7, 11) is 0. The minimum atomic E-state index is -0.308. The minimum absolute atomic E-state index is 0.0837. The number of hydrogen-bond acceptors (Lipinski definition) is 4. The summed E-state index contributed by atoms with van der Waals surface area (Å²) in [5.41, 5.74) is 3.77.